The Morgan fingerprint density at radius 1 is 1.35 bits per heavy atom. The maximum absolute atomic E-state index is 11.9. The van der Waals surface area contributed by atoms with Gasteiger partial charge in [0.2, 0.25) is 0 Å². The number of nitrogens with one attached hydrogen (secondary N) is 1. The van der Waals surface area contributed by atoms with Gasteiger partial charge in [-0.05, 0) is 30.4 Å². The quantitative estimate of drug-likeness (QED) is 0.705. The molecule has 0 aromatic heterocycles. The van der Waals surface area contributed by atoms with Crippen LogP contribution in [0.1, 0.15) is 37.0 Å². The molecular formula is C14H19Cl2NO3. The normalized spacial score (nSPS) is 11.4. The van der Waals surface area contributed by atoms with Crippen molar-refractivity contribution in [3.05, 3.63) is 27.7 Å². The van der Waals surface area contributed by atoms with Crippen LogP contribution in [0.5, 0.6) is 5.75 Å². The highest BCUT2D eigenvalue weighted by atomic mass is 35.5. The minimum Gasteiger partial charge on any atom is -0.507 e. The Balaban J connectivity index is 2.56. The van der Waals surface area contributed by atoms with E-state index in [1.807, 2.05) is 13.8 Å². The van der Waals surface area contributed by atoms with Gasteiger partial charge in [-0.25, -0.2) is 0 Å². The molecule has 0 atom stereocenters. The molecule has 0 fully saturated rings. The van der Waals surface area contributed by atoms with Crippen LogP contribution in [0.3, 0.4) is 0 Å². The lowest BCUT2D eigenvalue weighted by atomic mass is 9.89. The van der Waals surface area contributed by atoms with Crippen molar-refractivity contribution in [3.63, 3.8) is 0 Å². The summed E-state index contributed by atoms with van der Waals surface area (Å²) < 4.78 is 0. The number of carbonyl (C=O) groups is 1. The first kappa shape index (κ1) is 17.1. The Bertz CT molecular complexity index is 466. The summed E-state index contributed by atoms with van der Waals surface area (Å²) in [4.78, 5) is 11.9. The van der Waals surface area contributed by atoms with Gasteiger partial charge in [-0.1, -0.05) is 37.0 Å². The minimum atomic E-state index is -0.439. The standard InChI is InChI=1S/C14H19Cl2NO3/c1-14(2,8-18)4-3-5-17-13(20)12-10(16)6-9(15)7-11(12)19/h6-7,18-19H,3-5,8H2,1-2H3,(H,17,20). The van der Waals surface area contributed by atoms with Crippen molar-refractivity contribution in [3.8, 4) is 5.75 Å². The number of aliphatic hydroxyl groups excluding tert-OH is 1. The third-order valence-electron chi connectivity index (χ3n) is 3.01. The lowest BCUT2D eigenvalue weighted by Crippen LogP contribution is -2.26. The number of phenols is 1. The van der Waals surface area contributed by atoms with Crippen molar-refractivity contribution < 1.29 is 15.0 Å². The summed E-state index contributed by atoms with van der Waals surface area (Å²) in [5, 5.41) is 21.9. The van der Waals surface area contributed by atoms with Gasteiger partial charge in [-0.15, -0.1) is 0 Å². The molecule has 0 aliphatic heterocycles. The van der Waals surface area contributed by atoms with Crippen LogP contribution in [-0.2, 0) is 0 Å². The largest absolute Gasteiger partial charge is 0.507 e. The Kier molecular flexibility index (Phi) is 6.11. The second-order valence-electron chi connectivity index (χ2n) is 5.46. The first-order chi connectivity index (χ1) is 9.26. The fourth-order valence-corrected chi connectivity index (χ4v) is 2.29. The van der Waals surface area contributed by atoms with Crippen LogP contribution in [0.25, 0.3) is 0 Å². The summed E-state index contributed by atoms with van der Waals surface area (Å²) in [5.74, 6) is -0.679. The van der Waals surface area contributed by atoms with E-state index in [0.717, 1.165) is 12.8 Å². The smallest absolute Gasteiger partial charge is 0.256 e. The van der Waals surface area contributed by atoms with E-state index in [0.29, 0.717) is 6.54 Å². The van der Waals surface area contributed by atoms with Gasteiger partial charge in [0.15, 0.2) is 0 Å². The van der Waals surface area contributed by atoms with Crippen molar-refractivity contribution >= 4 is 29.1 Å². The third-order valence-corrected chi connectivity index (χ3v) is 3.52. The monoisotopic (exact) mass is 319 g/mol. The van der Waals surface area contributed by atoms with Crippen molar-refractivity contribution in [2.24, 2.45) is 5.41 Å². The van der Waals surface area contributed by atoms with Gasteiger partial charge in [0, 0.05) is 18.2 Å². The van der Waals surface area contributed by atoms with Gasteiger partial charge >= 0.3 is 0 Å². The summed E-state index contributed by atoms with van der Waals surface area (Å²) in [6, 6.07) is 2.68. The maximum Gasteiger partial charge on any atom is 0.256 e. The molecule has 1 amide bonds. The van der Waals surface area contributed by atoms with Crippen LogP contribution in [0, 0.1) is 5.41 Å². The molecule has 1 aromatic carbocycles. The molecule has 0 bridgehead atoms. The number of rotatable bonds is 6. The second kappa shape index (κ2) is 7.16. The Morgan fingerprint density at radius 2 is 2.00 bits per heavy atom. The van der Waals surface area contributed by atoms with Crippen LogP contribution < -0.4 is 5.32 Å². The fraction of sp³-hybridized carbons (Fsp3) is 0.500. The first-order valence-corrected chi connectivity index (χ1v) is 7.09. The highest BCUT2D eigenvalue weighted by Gasteiger charge is 2.18. The summed E-state index contributed by atoms with van der Waals surface area (Å²) in [6.45, 7) is 4.46. The topological polar surface area (TPSA) is 69.6 Å². The van der Waals surface area contributed by atoms with Crippen molar-refractivity contribution in [2.45, 2.75) is 26.7 Å². The van der Waals surface area contributed by atoms with E-state index in [9.17, 15) is 9.90 Å². The maximum atomic E-state index is 11.9. The second-order valence-corrected chi connectivity index (χ2v) is 6.31. The number of hydrogen-bond acceptors (Lipinski definition) is 3. The molecule has 0 spiro atoms. The first-order valence-electron chi connectivity index (χ1n) is 6.34. The summed E-state index contributed by atoms with van der Waals surface area (Å²) in [6.07, 6.45) is 1.51. The van der Waals surface area contributed by atoms with E-state index in [1.165, 1.54) is 12.1 Å². The molecular weight excluding hydrogens is 301 g/mol. The fourth-order valence-electron chi connectivity index (χ4n) is 1.72. The van der Waals surface area contributed by atoms with Gasteiger partial charge in [0.25, 0.3) is 5.91 Å². The van der Waals surface area contributed by atoms with E-state index in [2.05, 4.69) is 5.32 Å². The third kappa shape index (κ3) is 4.85. The average Bonchev–Trinajstić information content (AvgIpc) is 2.33. The molecule has 112 valence electrons. The summed E-state index contributed by atoms with van der Waals surface area (Å²) >= 11 is 11.6. The van der Waals surface area contributed by atoms with Crippen LogP contribution in [0.4, 0.5) is 0 Å². The highest BCUT2D eigenvalue weighted by molar-refractivity contribution is 6.37. The van der Waals surface area contributed by atoms with Gasteiger partial charge < -0.3 is 15.5 Å². The van der Waals surface area contributed by atoms with E-state index in [4.69, 9.17) is 28.3 Å². The molecule has 0 unspecified atom stereocenters. The number of aliphatic hydroxyl groups is 1. The Labute approximate surface area is 128 Å². The van der Waals surface area contributed by atoms with Crippen molar-refractivity contribution in [1.82, 2.24) is 5.32 Å². The number of carbonyl (C=O) groups excluding carboxylic acids is 1. The minimum absolute atomic E-state index is 0.0254. The summed E-state index contributed by atoms with van der Waals surface area (Å²) in [5.41, 5.74) is -0.136. The molecule has 0 aliphatic carbocycles. The predicted molar refractivity (Wildman–Crippen MR) is 80.6 cm³/mol. The molecule has 0 saturated heterocycles. The van der Waals surface area contributed by atoms with Crippen LogP contribution in [0.15, 0.2) is 12.1 Å². The van der Waals surface area contributed by atoms with Gasteiger partial charge in [0.1, 0.15) is 5.75 Å². The molecule has 1 rings (SSSR count). The molecule has 6 heteroatoms. The van der Waals surface area contributed by atoms with E-state index in [-0.39, 0.29) is 33.4 Å². The van der Waals surface area contributed by atoms with E-state index >= 15 is 0 Å². The van der Waals surface area contributed by atoms with Crippen LogP contribution in [-0.4, -0.2) is 29.3 Å². The Hall–Kier alpha value is -0.970. The number of benzene rings is 1. The average molecular weight is 320 g/mol. The zero-order valence-corrected chi connectivity index (χ0v) is 13.1. The van der Waals surface area contributed by atoms with Crippen LogP contribution >= 0.6 is 23.2 Å². The Morgan fingerprint density at radius 3 is 2.55 bits per heavy atom. The molecule has 4 nitrogen and oxygen atoms in total. The lowest BCUT2D eigenvalue weighted by molar-refractivity contribution is 0.0946. The molecule has 0 radical (unpaired) electrons. The van der Waals surface area contributed by atoms with Gasteiger partial charge in [-0.3, -0.25) is 4.79 Å². The zero-order chi connectivity index (χ0) is 15.3. The highest BCUT2D eigenvalue weighted by Crippen LogP contribution is 2.29. The van der Waals surface area contributed by atoms with Crippen molar-refractivity contribution in [1.29, 1.82) is 0 Å². The molecule has 20 heavy (non-hydrogen) atoms. The van der Waals surface area contributed by atoms with E-state index < -0.39 is 5.91 Å². The molecule has 1 aromatic rings. The molecule has 3 N–H and O–H groups in total. The lowest BCUT2D eigenvalue weighted by Gasteiger charge is -2.21. The molecule has 0 heterocycles. The van der Waals surface area contributed by atoms with Gasteiger partial charge in [0.05, 0.1) is 10.6 Å². The summed E-state index contributed by atoms with van der Waals surface area (Å²) in [7, 11) is 0. The number of phenolic OH excluding ortho intramolecular Hbond substituents is 1. The zero-order valence-electron chi connectivity index (χ0n) is 11.5. The van der Waals surface area contributed by atoms with Crippen molar-refractivity contribution in [2.75, 3.05) is 13.2 Å². The number of hydrogen-bond donors (Lipinski definition) is 3. The number of amides is 1. The molecule has 0 saturated carbocycles. The van der Waals surface area contributed by atoms with Crippen LogP contribution in [0.2, 0.25) is 10.0 Å². The van der Waals surface area contributed by atoms with E-state index in [1.54, 1.807) is 0 Å². The molecule has 0 aliphatic rings. The van der Waals surface area contributed by atoms with Gasteiger partial charge in [-0.2, -0.15) is 0 Å². The SMILES string of the molecule is CC(C)(CO)CCCNC(=O)c1c(O)cc(Cl)cc1Cl. The predicted octanol–water partition coefficient (Wildman–Crippen LogP) is 3.23. The number of aromatic hydroxyl groups is 1. The number of halogens is 2.